The van der Waals surface area contributed by atoms with Crippen LogP contribution in [0.2, 0.25) is 5.02 Å². The number of ketones is 1. The van der Waals surface area contributed by atoms with Gasteiger partial charge in [0.25, 0.3) is 0 Å². The number of Topliss-reactive ketones (excluding diaryl/α,β-unsaturated/α-hetero) is 1. The van der Waals surface area contributed by atoms with Crippen LogP contribution in [0.5, 0.6) is 5.75 Å². The van der Waals surface area contributed by atoms with Crippen molar-refractivity contribution in [1.29, 1.82) is 0 Å². The van der Waals surface area contributed by atoms with E-state index in [0.717, 1.165) is 24.3 Å². The van der Waals surface area contributed by atoms with E-state index in [1.807, 2.05) is 0 Å². The van der Waals surface area contributed by atoms with Crippen molar-refractivity contribution < 1.29 is 27.1 Å². The lowest BCUT2D eigenvalue weighted by molar-refractivity contribution is -0.137. The van der Waals surface area contributed by atoms with Crippen LogP contribution in [0.4, 0.5) is 17.6 Å². The first kappa shape index (κ1) is 17.3. The Bertz CT molecular complexity index is 741. The lowest BCUT2D eigenvalue weighted by Gasteiger charge is -2.12. The van der Waals surface area contributed by atoms with Crippen molar-refractivity contribution in [3.8, 4) is 5.75 Å². The number of ether oxygens (including phenoxy) is 1. The molecule has 23 heavy (non-hydrogen) atoms. The molecule has 0 saturated heterocycles. The number of rotatable bonds is 4. The second-order valence-corrected chi connectivity index (χ2v) is 5.21. The van der Waals surface area contributed by atoms with Gasteiger partial charge in [-0.05, 0) is 42.8 Å². The highest BCUT2D eigenvalue weighted by Gasteiger charge is 2.31. The van der Waals surface area contributed by atoms with Crippen LogP contribution in [0.25, 0.3) is 0 Å². The van der Waals surface area contributed by atoms with E-state index in [-0.39, 0.29) is 22.9 Å². The molecule has 0 aliphatic rings. The number of carbonyl (C=O) groups excluding carboxylic acids is 1. The predicted molar refractivity (Wildman–Crippen MR) is 77.2 cm³/mol. The Balaban J connectivity index is 2.15. The van der Waals surface area contributed by atoms with Gasteiger partial charge in [-0.1, -0.05) is 17.7 Å². The van der Waals surface area contributed by atoms with E-state index in [2.05, 4.69) is 0 Å². The molecule has 0 aliphatic carbocycles. The summed E-state index contributed by atoms with van der Waals surface area (Å²) in [5, 5.41) is -0.186. The maximum absolute atomic E-state index is 13.4. The molecule has 122 valence electrons. The van der Waals surface area contributed by atoms with Crippen molar-refractivity contribution in [1.82, 2.24) is 0 Å². The number of benzene rings is 2. The molecule has 2 aromatic carbocycles. The van der Waals surface area contributed by atoms with Crippen molar-refractivity contribution in [3.05, 3.63) is 63.9 Å². The summed E-state index contributed by atoms with van der Waals surface area (Å²) < 4.78 is 56.4. The van der Waals surface area contributed by atoms with Crippen molar-refractivity contribution in [2.24, 2.45) is 0 Å². The van der Waals surface area contributed by atoms with E-state index in [9.17, 15) is 22.4 Å². The van der Waals surface area contributed by atoms with E-state index < -0.39 is 23.3 Å². The van der Waals surface area contributed by atoms with Gasteiger partial charge < -0.3 is 4.74 Å². The number of alkyl halides is 3. The molecule has 0 heterocycles. The standard InChI is InChI=1S/C16H11ClF4O2/c1-9(22)12-6-10(2-4-14(12)18)8-23-15-5-3-11(7-13(15)17)16(19,20)21/h2-7H,8H2,1H3. The maximum Gasteiger partial charge on any atom is 0.416 e. The molecule has 0 saturated carbocycles. The SMILES string of the molecule is CC(=O)c1cc(COc2ccc(C(F)(F)F)cc2Cl)ccc1F. The Hall–Kier alpha value is -2.08. The minimum absolute atomic E-state index is 0.0633. The van der Waals surface area contributed by atoms with E-state index in [1.54, 1.807) is 0 Å². The van der Waals surface area contributed by atoms with Gasteiger partial charge in [0, 0.05) is 0 Å². The third kappa shape index (κ3) is 4.22. The Kier molecular flexibility index (Phi) is 4.94. The minimum Gasteiger partial charge on any atom is -0.487 e. The number of carbonyl (C=O) groups is 1. The normalized spacial score (nSPS) is 11.4. The first-order chi connectivity index (χ1) is 10.7. The molecule has 0 radical (unpaired) electrons. The van der Waals surface area contributed by atoms with Crippen LogP contribution in [0.15, 0.2) is 36.4 Å². The zero-order chi connectivity index (χ0) is 17.2. The van der Waals surface area contributed by atoms with Crippen LogP contribution in [-0.4, -0.2) is 5.78 Å². The molecule has 0 amide bonds. The van der Waals surface area contributed by atoms with Gasteiger partial charge in [-0.25, -0.2) is 4.39 Å². The first-order valence-corrected chi connectivity index (χ1v) is 6.85. The topological polar surface area (TPSA) is 26.3 Å². The summed E-state index contributed by atoms with van der Waals surface area (Å²) in [6.07, 6.45) is -4.49. The van der Waals surface area contributed by atoms with E-state index >= 15 is 0 Å². The third-order valence-corrected chi connectivity index (χ3v) is 3.36. The molecular weight excluding hydrogens is 336 g/mol. The van der Waals surface area contributed by atoms with Crippen molar-refractivity contribution >= 4 is 17.4 Å². The van der Waals surface area contributed by atoms with Crippen molar-refractivity contribution in [2.45, 2.75) is 19.7 Å². The summed E-state index contributed by atoms with van der Waals surface area (Å²) in [6, 6.07) is 6.61. The van der Waals surface area contributed by atoms with Crippen LogP contribution >= 0.6 is 11.6 Å². The van der Waals surface area contributed by atoms with E-state index in [1.165, 1.54) is 19.1 Å². The Morgan fingerprint density at radius 2 is 1.87 bits per heavy atom. The molecule has 0 bridgehead atoms. The highest BCUT2D eigenvalue weighted by Crippen LogP contribution is 2.34. The van der Waals surface area contributed by atoms with Crippen molar-refractivity contribution in [3.63, 3.8) is 0 Å². The molecule has 0 spiro atoms. The van der Waals surface area contributed by atoms with Crippen LogP contribution in [0.3, 0.4) is 0 Å². The van der Waals surface area contributed by atoms with Crippen LogP contribution in [0.1, 0.15) is 28.4 Å². The van der Waals surface area contributed by atoms with Crippen LogP contribution < -0.4 is 4.74 Å². The van der Waals surface area contributed by atoms with Crippen molar-refractivity contribution in [2.75, 3.05) is 0 Å². The molecule has 2 rings (SSSR count). The summed E-state index contributed by atoms with van der Waals surface area (Å²) in [4.78, 5) is 11.3. The molecular formula is C16H11ClF4O2. The smallest absolute Gasteiger partial charge is 0.416 e. The van der Waals surface area contributed by atoms with Gasteiger partial charge in [0.1, 0.15) is 18.2 Å². The van der Waals surface area contributed by atoms with Crippen LogP contribution in [0, 0.1) is 5.82 Å². The fourth-order valence-corrected chi connectivity index (χ4v) is 2.12. The summed E-state index contributed by atoms with van der Waals surface area (Å²) in [5.41, 5.74) is -0.465. The molecule has 2 nitrogen and oxygen atoms in total. The zero-order valence-electron chi connectivity index (χ0n) is 11.9. The van der Waals surface area contributed by atoms with E-state index in [0.29, 0.717) is 5.56 Å². The molecule has 0 atom stereocenters. The number of hydrogen-bond donors (Lipinski definition) is 0. The first-order valence-electron chi connectivity index (χ1n) is 6.47. The van der Waals surface area contributed by atoms with Gasteiger partial charge in [0.2, 0.25) is 0 Å². The molecule has 7 heteroatoms. The summed E-state index contributed by atoms with van der Waals surface area (Å²) in [6.45, 7) is 1.17. The summed E-state index contributed by atoms with van der Waals surface area (Å²) >= 11 is 5.77. The van der Waals surface area contributed by atoms with Gasteiger partial charge in [-0.3, -0.25) is 4.79 Å². The number of hydrogen-bond acceptors (Lipinski definition) is 2. The second-order valence-electron chi connectivity index (χ2n) is 4.80. The quantitative estimate of drug-likeness (QED) is 0.556. The molecule has 0 aliphatic heterocycles. The van der Waals surface area contributed by atoms with Crippen LogP contribution in [-0.2, 0) is 12.8 Å². The highest BCUT2D eigenvalue weighted by molar-refractivity contribution is 6.32. The van der Waals surface area contributed by atoms with Gasteiger partial charge in [-0.2, -0.15) is 13.2 Å². The largest absolute Gasteiger partial charge is 0.487 e. The average molecular weight is 347 g/mol. The monoisotopic (exact) mass is 346 g/mol. The third-order valence-electron chi connectivity index (χ3n) is 3.06. The van der Waals surface area contributed by atoms with Gasteiger partial charge in [-0.15, -0.1) is 0 Å². The number of halogens is 5. The Morgan fingerprint density at radius 3 is 2.43 bits per heavy atom. The zero-order valence-corrected chi connectivity index (χ0v) is 12.6. The minimum atomic E-state index is -4.49. The maximum atomic E-state index is 13.4. The average Bonchev–Trinajstić information content (AvgIpc) is 2.46. The molecule has 0 unspecified atom stereocenters. The molecule has 0 aromatic heterocycles. The molecule has 2 aromatic rings. The fourth-order valence-electron chi connectivity index (χ4n) is 1.89. The summed E-state index contributed by atoms with van der Waals surface area (Å²) in [7, 11) is 0. The predicted octanol–water partition coefficient (Wildman–Crippen LogP) is 5.28. The summed E-state index contributed by atoms with van der Waals surface area (Å²) in [5.74, 6) is -1.01. The molecule has 0 fully saturated rings. The second kappa shape index (κ2) is 6.58. The van der Waals surface area contributed by atoms with Gasteiger partial charge in [0.05, 0.1) is 16.1 Å². The van der Waals surface area contributed by atoms with Gasteiger partial charge >= 0.3 is 6.18 Å². The molecule has 0 N–H and O–H groups in total. The lowest BCUT2D eigenvalue weighted by Crippen LogP contribution is -2.05. The van der Waals surface area contributed by atoms with E-state index in [4.69, 9.17) is 16.3 Å². The lowest BCUT2D eigenvalue weighted by atomic mass is 10.1. The van der Waals surface area contributed by atoms with Gasteiger partial charge in [0.15, 0.2) is 5.78 Å². The highest BCUT2D eigenvalue weighted by atomic mass is 35.5. The Morgan fingerprint density at radius 1 is 1.17 bits per heavy atom. The fraction of sp³-hybridized carbons (Fsp3) is 0.188. The Labute approximate surface area is 134 Å².